The van der Waals surface area contributed by atoms with Crippen molar-refractivity contribution < 1.29 is 9.90 Å². The van der Waals surface area contributed by atoms with Crippen molar-refractivity contribution in [1.82, 2.24) is 20.2 Å². The van der Waals surface area contributed by atoms with Crippen LogP contribution < -0.4 is 5.32 Å². The van der Waals surface area contributed by atoms with Crippen molar-refractivity contribution in [3.63, 3.8) is 0 Å². The topological polar surface area (TPSA) is 81.2 Å². The van der Waals surface area contributed by atoms with Crippen LogP contribution >= 0.6 is 0 Å². The predicted molar refractivity (Wildman–Crippen MR) is 78.7 cm³/mol. The second kappa shape index (κ2) is 6.47. The zero-order valence-corrected chi connectivity index (χ0v) is 12.3. The second-order valence-electron chi connectivity index (χ2n) is 6.13. The molecule has 1 saturated carbocycles. The van der Waals surface area contributed by atoms with E-state index >= 15 is 0 Å². The standard InChI is InChI=1S/C15H24N4O2/c20-12-6-4-11(5-7-12)18-15(21)19-10-2-1-3-13(19)14-16-8-9-17-14/h8-9,11-13,20H,1-7,10H2,(H,16,17)(H,18,21). The molecule has 21 heavy (non-hydrogen) atoms. The molecule has 0 spiro atoms. The van der Waals surface area contributed by atoms with E-state index in [1.807, 2.05) is 11.1 Å². The first-order chi connectivity index (χ1) is 10.2. The number of piperidine rings is 1. The molecule has 0 aromatic carbocycles. The lowest BCUT2D eigenvalue weighted by Gasteiger charge is -2.36. The smallest absolute Gasteiger partial charge is 0.318 e. The van der Waals surface area contributed by atoms with Gasteiger partial charge in [0.1, 0.15) is 5.82 Å². The average Bonchev–Trinajstić information content (AvgIpc) is 3.04. The summed E-state index contributed by atoms with van der Waals surface area (Å²) in [5, 5.41) is 12.7. The summed E-state index contributed by atoms with van der Waals surface area (Å²) in [6.45, 7) is 0.784. The number of imidazole rings is 1. The Bertz CT molecular complexity index is 454. The molecule has 2 amide bonds. The number of aromatic amines is 1. The van der Waals surface area contributed by atoms with Gasteiger partial charge < -0.3 is 20.3 Å². The van der Waals surface area contributed by atoms with Crippen molar-refractivity contribution >= 4 is 6.03 Å². The number of urea groups is 1. The number of nitrogens with one attached hydrogen (secondary N) is 2. The molecule has 2 aliphatic rings. The number of aromatic nitrogens is 2. The molecule has 6 nitrogen and oxygen atoms in total. The van der Waals surface area contributed by atoms with E-state index in [-0.39, 0.29) is 24.2 Å². The summed E-state index contributed by atoms with van der Waals surface area (Å²) in [6.07, 6.45) is 9.80. The summed E-state index contributed by atoms with van der Waals surface area (Å²) < 4.78 is 0. The van der Waals surface area contributed by atoms with E-state index in [9.17, 15) is 9.90 Å². The van der Waals surface area contributed by atoms with Gasteiger partial charge in [-0.05, 0) is 44.9 Å². The molecule has 1 atom stereocenters. The number of aliphatic hydroxyl groups excluding tert-OH is 1. The molecular weight excluding hydrogens is 268 g/mol. The van der Waals surface area contributed by atoms with E-state index < -0.39 is 0 Å². The zero-order valence-electron chi connectivity index (χ0n) is 12.3. The second-order valence-corrected chi connectivity index (χ2v) is 6.13. The Labute approximate surface area is 124 Å². The molecule has 3 N–H and O–H groups in total. The molecule has 1 aromatic heterocycles. The molecular formula is C15H24N4O2. The summed E-state index contributed by atoms with van der Waals surface area (Å²) in [4.78, 5) is 21.9. The first-order valence-electron chi connectivity index (χ1n) is 7.98. The van der Waals surface area contributed by atoms with E-state index in [0.29, 0.717) is 0 Å². The van der Waals surface area contributed by atoms with E-state index in [1.165, 1.54) is 0 Å². The Morgan fingerprint density at radius 2 is 2.10 bits per heavy atom. The van der Waals surface area contributed by atoms with Gasteiger partial charge in [0.05, 0.1) is 12.1 Å². The SMILES string of the molecule is O=C(NC1CCC(O)CC1)N1CCCCC1c1ncc[nH]1. The minimum atomic E-state index is -0.191. The number of likely N-dealkylation sites (tertiary alicyclic amines) is 1. The fourth-order valence-corrected chi connectivity index (χ4v) is 3.40. The predicted octanol–water partition coefficient (Wildman–Crippen LogP) is 1.95. The van der Waals surface area contributed by atoms with Gasteiger partial charge in [0.2, 0.25) is 0 Å². The van der Waals surface area contributed by atoms with Gasteiger partial charge in [0, 0.05) is 25.0 Å². The number of nitrogens with zero attached hydrogens (tertiary/aromatic N) is 2. The van der Waals surface area contributed by atoms with E-state index in [1.54, 1.807) is 6.20 Å². The number of rotatable bonds is 2. The van der Waals surface area contributed by atoms with Gasteiger partial charge in [-0.3, -0.25) is 0 Å². The summed E-state index contributed by atoms with van der Waals surface area (Å²) in [6, 6.07) is 0.264. The minimum absolute atomic E-state index is 0.0116. The lowest BCUT2D eigenvalue weighted by Crippen LogP contribution is -2.49. The van der Waals surface area contributed by atoms with Crippen LogP contribution in [-0.4, -0.2) is 44.7 Å². The maximum Gasteiger partial charge on any atom is 0.318 e. The van der Waals surface area contributed by atoms with E-state index in [2.05, 4.69) is 15.3 Å². The fourth-order valence-electron chi connectivity index (χ4n) is 3.40. The number of hydrogen-bond donors (Lipinski definition) is 3. The van der Waals surface area contributed by atoms with E-state index in [4.69, 9.17) is 0 Å². The molecule has 1 aromatic rings. The van der Waals surface area contributed by atoms with Gasteiger partial charge >= 0.3 is 6.03 Å². The van der Waals surface area contributed by atoms with Crippen molar-refractivity contribution in [3.8, 4) is 0 Å². The van der Waals surface area contributed by atoms with Crippen LogP contribution in [0, 0.1) is 0 Å². The number of hydrogen-bond acceptors (Lipinski definition) is 3. The number of amides is 2. The quantitative estimate of drug-likeness (QED) is 0.779. The third-order valence-electron chi connectivity index (χ3n) is 4.62. The highest BCUT2D eigenvalue weighted by molar-refractivity contribution is 5.75. The number of H-pyrrole nitrogens is 1. The highest BCUT2D eigenvalue weighted by atomic mass is 16.3. The monoisotopic (exact) mass is 292 g/mol. The minimum Gasteiger partial charge on any atom is -0.393 e. The normalized spacial score (nSPS) is 30.1. The van der Waals surface area contributed by atoms with Gasteiger partial charge in [-0.1, -0.05) is 0 Å². The van der Waals surface area contributed by atoms with Crippen molar-refractivity contribution in [2.45, 2.75) is 63.1 Å². The Hall–Kier alpha value is -1.56. The van der Waals surface area contributed by atoms with Crippen LogP contribution in [0.5, 0.6) is 0 Å². The van der Waals surface area contributed by atoms with Crippen molar-refractivity contribution in [2.24, 2.45) is 0 Å². The van der Waals surface area contributed by atoms with Crippen LogP contribution in [0.3, 0.4) is 0 Å². The van der Waals surface area contributed by atoms with Gasteiger partial charge in [-0.2, -0.15) is 0 Å². The van der Waals surface area contributed by atoms with Crippen LogP contribution in [0.2, 0.25) is 0 Å². The first-order valence-corrected chi connectivity index (χ1v) is 7.98. The summed E-state index contributed by atoms with van der Waals surface area (Å²) in [5.74, 6) is 0.879. The molecule has 0 radical (unpaired) electrons. The summed E-state index contributed by atoms with van der Waals surface area (Å²) in [7, 11) is 0. The van der Waals surface area contributed by atoms with Crippen LogP contribution in [-0.2, 0) is 0 Å². The van der Waals surface area contributed by atoms with Crippen LogP contribution in [0.15, 0.2) is 12.4 Å². The fraction of sp³-hybridized carbons (Fsp3) is 0.733. The van der Waals surface area contributed by atoms with Gasteiger partial charge in [-0.15, -0.1) is 0 Å². The van der Waals surface area contributed by atoms with Gasteiger partial charge in [0.25, 0.3) is 0 Å². The molecule has 1 unspecified atom stereocenters. The number of aliphatic hydroxyl groups is 1. The van der Waals surface area contributed by atoms with Crippen molar-refractivity contribution in [2.75, 3.05) is 6.54 Å². The number of carbonyl (C=O) groups excluding carboxylic acids is 1. The van der Waals surface area contributed by atoms with Gasteiger partial charge in [-0.25, -0.2) is 9.78 Å². The Morgan fingerprint density at radius 3 is 2.81 bits per heavy atom. The molecule has 6 heteroatoms. The van der Waals surface area contributed by atoms with Gasteiger partial charge in [0.15, 0.2) is 0 Å². The van der Waals surface area contributed by atoms with Crippen LogP contribution in [0.1, 0.15) is 56.8 Å². The van der Waals surface area contributed by atoms with Crippen LogP contribution in [0.25, 0.3) is 0 Å². The molecule has 1 saturated heterocycles. The third kappa shape index (κ3) is 3.37. The van der Waals surface area contributed by atoms with Crippen molar-refractivity contribution in [3.05, 3.63) is 18.2 Å². The molecule has 2 heterocycles. The molecule has 1 aliphatic heterocycles. The number of carbonyl (C=O) groups is 1. The highest BCUT2D eigenvalue weighted by Crippen LogP contribution is 2.29. The summed E-state index contributed by atoms with van der Waals surface area (Å²) >= 11 is 0. The van der Waals surface area contributed by atoms with E-state index in [0.717, 1.165) is 57.3 Å². The maximum atomic E-state index is 12.6. The lowest BCUT2D eigenvalue weighted by atomic mass is 9.93. The lowest BCUT2D eigenvalue weighted by molar-refractivity contribution is 0.109. The molecule has 116 valence electrons. The molecule has 0 bridgehead atoms. The zero-order chi connectivity index (χ0) is 14.7. The first kappa shape index (κ1) is 14.4. The highest BCUT2D eigenvalue weighted by Gasteiger charge is 2.31. The Morgan fingerprint density at radius 1 is 1.29 bits per heavy atom. The third-order valence-corrected chi connectivity index (χ3v) is 4.62. The average molecular weight is 292 g/mol. The molecule has 1 aliphatic carbocycles. The molecule has 2 fully saturated rings. The summed E-state index contributed by atoms with van der Waals surface area (Å²) in [5.41, 5.74) is 0. The largest absolute Gasteiger partial charge is 0.393 e. The van der Waals surface area contributed by atoms with Crippen LogP contribution in [0.4, 0.5) is 4.79 Å². The molecule has 3 rings (SSSR count). The Balaban J connectivity index is 1.61. The Kier molecular flexibility index (Phi) is 4.43. The van der Waals surface area contributed by atoms with Crippen molar-refractivity contribution in [1.29, 1.82) is 0 Å². The maximum absolute atomic E-state index is 12.6.